The number of amides is 1. The van der Waals surface area contributed by atoms with Crippen molar-refractivity contribution in [3.05, 3.63) is 46.0 Å². The Labute approximate surface area is 154 Å². The number of carbonyl (C=O) groups is 1. The molecular weight excluding hydrogens is 356 g/mol. The highest BCUT2D eigenvalue weighted by Gasteiger charge is 2.25. The average molecular weight is 374 g/mol. The van der Waals surface area contributed by atoms with E-state index in [4.69, 9.17) is 18.9 Å². The van der Waals surface area contributed by atoms with Crippen LogP contribution in [0.1, 0.15) is 16.8 Å². The van der Waals surface area contributed by atoms with Crippen molar-refractivity contribution in [2.75, 3.05) is 32.8 Å². The van der Waals surface area contributed by atoms with Crippen molar-refractivity contribution in [2.24, 2.45) is 0 Å². The molecule has 1 aliphatic heterocycles. The molecule has 9 nitrogen and oxygen atoms in total. The molecule has 0 atom stereocenters. The summed E-state index contributed by atoms with van der Waals surface area (Å²) in [6.07, 6.45) is 0.758. The topological polar surface area (TPSA) is 109 Å². The smallest absolute Gasteiger partial charge is 0.286 e. The Morgan fingerprint density at radius 3 is 2.41 bits per heavy atom. The van der Waals surface area contributed by atoms with Crippen LogP contribution < -0.4 is 24.3 Å². The third-order valence-corrected chi connectivity index (χ3v) is 3.95. The zero-order valence-corrected chi connectivity index (χ0v) is 14.8. The first-order valence-electron chi connectivity index (χ1n) is 8.15. The zero-order chi connectivity index (χ0) is 19.4. The molecule has 0 fully saturated rings. The lowest BCUT2D eigenvalue weighted by molar-refractivity contribution is -0.385. The fourth-order valence-corrected chi connectivity index (χ4v) is 2.64. The van der Waals surface area contributed by atoms with Gasteiger partial charge in [-0.1, -0.05) is 0 Å². The van der Waals surface area contributed by atoms with E-state index in [9.17, 15) is 14.9 Å². The maximum absolute atomic E-state index is 12.7. The summed E-state index contributed by atoms with van der Waals surface area (Å²) in [6, 6.07) is 7.36. The minimum atomic E-state index is -0.655. The van der Waals surface area contributed by atoms with Crippen molar-refractivity contribution >= 4 is 17.3 Å². The second kappa shape index (κ2) is 7.81. The average Bonchev–Trinajstić information content (AvgIpc) is 2.91. The van der Waals surface area contributed by atoms with Crippen LogP contribution in [0, 0.1) is 10.1 Å². The van der Waals surface area contributed by atoms with Crippen molar-refractivity contribution in [1.82, 2.24) is 0 Å². The lowest BCUT2D eigenvalue weighted by atomic mass is 10.1. The molecule has 1 N–H and O–H groups in total. The maximum atomic E-state index is 12.7. The molecule has 0 radical (unpaired) electrons. The predicted octanol–water partition coefficient (Wildman–Crippen LogP) is 3.03. The van der Waals surface area contributed by atoms with Crippen molar-refractivity contribution in [3.63, 3.8) is 0 Å². The Morgan fingerprint density at radius 2 is 1.74 bits per heavy atom. The Kier molecular flexibility index (Phi) is 5.30. The van der Waals surface area contributed by atoms with Gasteiger partial charge in [0.1, 0.15) is 5.56 Å². The van der Waals surface area contributed by atoms with Crippen LogP contribution >= 0.6 is 0 Å². The molecule has 0 aliphatic carbocycles. The number of benzene rings is 2. The van der Waals surface area contributed by atoms with Gasteiger partial charge in [-0.2, -0.15) is 0 Å². The minimum Gasteiger partial charge on any atom is -0.493 e. The van der Waals surface area contributed by atoms with E-state index in [2.05, 4.69) is 5.32 Å². The van der Waals surface area contributed by atoms with Crippen LogP contribution in [0.3, 0.4) is 0 Å². The number of rotatable bonds is 5. The quantitative estimate of drug-likeness (QED) is 0.633. The molecule has 0 spiro atoms. The third-order valence-electron chi connectivity index (χ3n) is 3.95. The van der Waals surface area contributed by atoms with Gasteiger partial charge in [0, 0.05) is 24.2 Å². The van der Waals surface area contributed by atoms with Gasteiger partial charge in [0.2, 0.25) is 0 Å². The number of nitrogens with one attached hydrogen (secondary N) is 1. The number of nitro benzene ring substituents is 1. The monoisotopic (exact) mass is 374 g/mol. The number of fused-ring (bicyclic) bond motifs is 1. The second-order valence-electron chi connectivity index (χ2n) is 5.65. The first-order valence-corrected chi connectivity index (χ1v) is 8.15. The minimum absolute atomic E-state index is 0.148. The van der Waals surface area contributed by atoms with E-state index in [0.717, 1.165) is 12.5 Å². The van der Waals surface area contributed by atoms with Gasteiger partial charge in [-0.3, -0.25) is 14.9 Å². The molecule has 0 unspecified atom stereocenters. The molecule has 27 heavy (non-hydrogen) atoms. The van der Waals surface area contributed by atoms with Crippen LogP contribution in [-0.2, 0) is 0 Å². The molecule has 1 aliphatic rings. The highest BCUT2D eigenvalue weighted by molar-refractivity contribution is 6.07. The van der Waals surface area contributed by atoms with Crippen molar-refractivity contribution in [3.8, 4) is 23.0 Å². The molecule has 142 valence electrons. The highest BCUT2D eigenvalue weighted by Crippen LogP contribution is 2.36. The molecule has 9 heteroatoms. The van der Waals surface area contributed by atoms with Crippen molar-refractivity contribution in [2.45, 2.75) is 6.42 Å². The van der Waals surface area contributed by atoms with Crippen LogP contribution in [-0.4, -0.2) is 38.3 Å². The fourth-order valence-electron chi connectivity index (χ4n) is 2.64. The zero-order valence-electron chi connectivity index (χ0n) is 14.8. The van der Waals surface area contributed by atoms with E-state index in [1.54, 1.807) is 18.2 Å². The molecule has 3 rings (SSSR count). The van der Waals surface area contributed by atoms with E-state index in [-0.39, 0.29) is 22.7 Å². The summed E-state index contributed by atoms with van der Waals surface area (Å²) in [4.78, 5) is 23.4. The fraction of sp³-hybridized carbons (Fsp3) is 0.278. The van der Waals surface area contributed by atoms with E-state index < -0.39 is 10.8 Å². The largest absolute Gasteiger partial charge is 0.493 e. The summed E-state index contributed by atoms with van der Waals surface area (Å²) in [7, 11) is 2.74. The summed E-state index contributed by atoms with van der Waals surface area (Å²) in [6.45, 7) is 1.06. The summed E-state index contributed by atoms with van der Waals surface area (Å²) < 4.78 is 21.3. The number of nitrogens with zero attached hydrogens (tertiary/aromatic N) is 1. The van der Waals surface area contributed by atoms with Crippen LogP contribution in [0.15, 0.2) is 30.3 Å². The number of hydrogen-bond acceptors (Lipinski definition) is 7. The summed E-state index contributed by atoms with van der Waals surface area (Å²) in [5.41, 5.74) is -0.113. The molecule has 0 bridgehead atoms. The number of carbonyl (C=O) groups excluding carboxylic acids is 1. The Hall–Kier alpha value is -3.49. The lowest BCUT2D eigenvalue weighted by Gasteiger charge is -2.12. The van der Waals surface area contributed by atoms with Crippen molar-refractivity contribution < 1.29 is 28.7 Å². The Bertz CT molecular complexity index is 882. The summed E-state index contributed by atoms with van der Waals surface area (Å²) in [5.74, 6) is 0.815. The normalized spacial score (nSPS) is 12.7. The lowest BCUT2D eigenvalue weighted by Crippen LogP contribution is -2.14. The number of anilines is 1. The molecule has 0 aromatic heterocycles. The van der Waals surface area contributed by atoms with Gasteiger partial charge in [0.15, 0.2) is 23.0 Å². The number of methoxy groups -OCH3 is 2. The van der Waals surface area contributed by atoms with Crippen LogP contribution in [0.25, 0.3) is 0 Å². The number of nitro groups is 1. The third kappa shape index (κ3) is 3.86. The molecule has 2 aromatic carbocycles. The molecule has 2 aromatic rings. The first kappa shape index (κ1) is 18.3. The van der Waals surface area contributed by atoms with Crippen molar-refractivity contribution in [1.29, 1.82) is 0 Å². The van der Waals surface area contributed by atoms with E-state index in [1.165, 1.54) is 20.3 Å². The summed E-state index contributed by atoms with van der Waals surface area (Å²) in [5, 5.41) is 14.0. The molecule has 0 saturated heterocycles. The van der Waals surface area contributed by atoms with Gasteiger partial charge in [-0.05, 0) is 12.1 Å². The SMILES string of the molecule is COc1cc(C(=O)Nc2ccc3c(c2)OCCCO3)c([N+](=O)[O-])cc1OC. The van der Waals surface area contributed by atoms with E-state index in [0.29, 0.717) is 30.4 Å². The van der Waals surface area contributed by atoms with Crippen LogP contribution in [0.5, 0.6) is 23.0 Å². The number of ether oxygens (including phenoxy) is 4. The Balaban J connectivity index is 1.92. The van der Waals surface area contributed by atoms with Gasteiger partial charge in [-0.15, -0.1) is 0 Å². The van der Waals surface area contributed by atoms with Crippen LogP contribution in [0.4, 0.5) is 11.4 Å². The Morgan fingerprint density at radius 1 is 1.07 bits per heavy atom. The highest BCUT2D eigenvalue weighted by atomic mass is 16.6. The standard InChI is InChI=1S/C18H18N2O7/c1-24-15-9-12(13(20(22)23)10-16(15)25-2)18(21)19-11-4-5-14-17(8-11)27-7-3-6-26-14/h4-5,8-10H,3,6-7H2,1-2H3,(H,19,21). The maximum Gasteiger partial charge on any atom is 0.286 e. The van der Waals surface area contributed by atoms with Gasteiger partial charge in [-0.25, -0.2) is 0 Å². The van der Waals surface area contributed by atoms with Crippen LogP contribution in [0.2, 0.25) is 0 Å². The molecule has 0 saturated carbocycles. The summed E-state index contributed by atoms with van der Waals surface area (Å²) >= 11 is 0. The molecular formula is C18H18N2O7. The van der Waals surface area contributed by atoms with E-state index >= 15 is 0 Å². The molecule has 1 heterocycles. The van der Waals surface area contributed by atoms with E-state index in [1.807, 2.05) is 0 Å². The molecule has 1 amide bonds. The number of hydrogen-bond donors (Lipinski definition) is 1. The van der Waals surface area contributed by atoms with Gasteiger partial charge < -0.3 is 24.3 Å². The predicted molar refractivity (Wildman–Crippen MR) is 96.2 cm³/mol. The van der Waals surface area contributed by atoms with Gasteiger partial charge in [0.25, 0.3) is 11.6 Å². The second-order valence-corrected chi connectivity index (χ2v) is 5.65. The van der Waals surface area contributed by atoms with Gasteiger partial charge >= 0.3 is 0 Å². The van der Waals surface area contributed by atoms with Gasteiger partial charge in [0.05, 0.1) is 38.4 Å². The first-order chi connectivity index (χ1) is 13.0.